The summed E-state index contributed by atoms with van der Waals surface area (Å²) in [4.78, 5) is 21.7. The van der Waals surface area contributed by atoms with Crippen molar-refractivity contribution in [2.24, 2.45) is 7.05 Å². The van der Waals surface area contributed by atoms with Gasteiger partial charge >= 0.3 is 0 Å². The van der Waals surface area contributed by atoms with Crippen molar-refractivity contribution in [3.63, 3.8) is 0 Å². The molecule has 0 saturated heterocycles. The van der Waals surface area contributed by atoms with E-state index in [1.807, 2.05) is 4.98 Å². The standard InChI is InChI=1S/C13H11FN6O/c1-20-11(3-5-16-20)19-13-15-4-2-9(17-13)8-6-10(14)18-12(21)7-8/h2-7H,1H3,(H,18,21)(H,15,17,19). The molecule has 0 atom stereocenters. The van der Waals surface area contributed by atoms with Gasteiger partial charge in [-0.05, 0) is 6.07 Å². The maximum atomic E-state index is 13.2. The van der Waals surface area contributed by atoms with Crippen LogP contribution < -0.4 is 10.9 Å². The van der Waals surface area contributed by atoms with Crippen molar-refractivity contribution in [2.75, 3.05) is 5.32 Å². The zero-order valence-corrected chi connectivity index (χ0v) is 11.0. The van der Waals surface area contributed by atoms with Gasteiger partial charge in [-0.3, -0.25) is 14.5 Å². The molecule has 3 heterocycles. The zero-order valence-electron chi connectivity index (χ0n) is 11.0. The SMILES string of the molecule is Cn1nccc1Nc1nccc(-c2cc(F)[nH]c(=O)c2)n1. The molecule has 21 heavy (non-hydrogen) atoms. The zero-order chi connectivity index (χ0) is 14.8. The van der Waals surface area contributed by atoms with E-state index < -0.39 is 11.5 Å². The van der Waals surface area contributed by atoms with Crippen LogP contribution in [0.3, 0.4) is 0 Å². The summed E-state index contributed by atoms with van der Waals surface area (Å²) in [7, 11) is 1.78. The number of nitrogens with one attached hydrogen (secondary N) is 2. The van der Waals surface area contributed by atoms with Crippen LogP contribution in [0.5, 0.6) is 0 Å². The van der Waals surface area contributed by atoms with E-state index in [4.69, 9.17) is 0 Å². The van der Waals surface area contributed by atoms with E-state index in [1.54, 1.807) is 30.1 Å². The number of H-pyrrole nitrogens is 1. The molecule has 0 spiro atoms. The molecule has 106 valence electrons. The van der Waals surface area contributed by atoms with Gasteiger partial charge in [0.1, 0.15) is 5.82 Å². The van der Waals surface area contributed by atoms with Gasteiger partial charge in [0.2, 0.25) is 5.95 Å². The number of hydrogen-bond acceptors (Lipinski definition) is 5. The summed E-state index contributed by atoms with van der Waals surface area (Å²) < 4.78 is 14.9. The number of halogens is 1. The van der Waals surface area contributed by atoms with Gasteiger partial charge in [-0.25, -0.2) is 9.97 Å². The maximum absolute atomic E-state index is 13.2. The van der Waals surface area contributed by atoms with Crippen molar-refractivity contribution in [3.8, 4) is 11.3 Å². The number of nitrogens with zero attached hydrogens (tertiary/aromatic N) is 4. The summed E-state index contributed by atoms with van der Waals surface area (Å²) in [6.07, 6.45) is 3.17. The summed E-state index contributed by atoms with van der Waals surface area (Å²) in [5.41, 5.74) is 0.302. The summed E-state index contributed by atoms with van der Waals surface area (Å²) in [6.45, 7) is 0. The van der Waals surface area contributed by atoms with Gasteiger partial charge in [0.15, 0.2) is 5.95 Å². The van der Waals surface area contributed by atoms with Crippen LogP contribution in [0.15, 0.2) is 41.5 Å². The van der Waals surface area contributed by atoms with E-state index in [2.05, 4.69) is 20.4 Å². The van der Waals surface area contributed by atoms with Crippen molar-refractivity contribution in [1.82, 2.24) is 24.7 Å². The fraction of sp³-hybridized carbons (Fsp3) is 0.0769. The summed E-state index contributed by atoms with van der Waals surface area (Å²) >= 11 is 0. The molecular weight excluding hydrogens is 275 g/mol. The molecule has 3 rings (SSSR count). The van der Waals surface area contributed by atoms with Crippen LogP contribution in [-0.2, 0) is 7.05 Å². The minimum atomic E-state index is -0.711. The third-order valence-electron chi connectivity index (χ3n) is 2.82. The molecule has 0 aliphatic heterocycles. The highest BCUT2D eigenvalue weighted by atomic mass is 19.1. The van der Waals surface area contributed by atoms with Crippen LogP contribution in [0.1, 0.15) is 0 Å². The summed E-state index contributed by atoms with van der Waals surface area (Å²) in [5, 5.41) is 7.01. The van der Waals surface area contributed by atoms with Crippen LogP contribution in [-0.4, -0.2) is 24.7 Å². The highest BCUT2D eigenvalue weighted by Gasteiger charge is 2.06. The number of hydrogen-bond donors (Lipinski definition) is 2. The molecule has 3 aromatic rings. The quantitative estimate of drug-likeness (QED) is 0.711. The van der Waals surface area contributed by atoms with E-state index in [-0.39, 0.29) is 0 Å². The first kappa shape index (κ1) is 13.0. The molecule has 0 unspecified atom stereocenters. The van der Waals surface area contributed by atoms with Crippen LogP contribution in [0.2, 0.25) is 0 Å². The largest absolute Gasteiger partial charge is 0.309 e. The first-order valence-corrected chi connectivity index (χ1v) is 6.10. The average Bonchev–Trinajstić information content (AvgIpc) is 2.84. The van der Waals surface area contributed by atoms with Gasteiger partial charge in [0.05, 0.1) is 11.9 Å². The molecule has 0 saturated carbocycles. The Labute approximate surface area is 118 Å². The minimum Gasteiger partial charge on any atom is -0.309 e. The second-order valence-electron chi connectivity index (χ2n) is 4.31. The number of anilines is 2. The molecule has 0 fully saturated rings. The predicted molar refractivity (Wildman–Crippen MR) is 74.5 cm³/mol. The van der Waals surface area contributed by atoms with E-state index in [0.717, 1.165) is 0 Å². The second kappa shape index (κ2) is 5.16. The van der Waals surface area contributed by atoms with Gasteiger partial charge in [-0.2, -0.15) is 9.49 Å². The number of rotatable bonds is 3. The molecule has 7 nitrogen and oxygen atoms in total. The van der Waals surface area contributed by atoms with E-state index in [0.29, 0.717) is 23.0 Å². The lowest BCUT2D eigenvalue weighted by atomic mass is 10.2. The van der Waals surface area contributed by atoms with Crippen LogP contribution in [0.4, 0.5) is 16.2 Å². The Morgan fingerprint density at radius 3 is 2.86 bits per heavy atom. The molecule has 3 aromatic heterocycles. The van der Waals surface area contributed by atoms with Crippen molar-refractivity contribution < 1.29 is 4.39 Å². The Kier molecular flexibility index (Phi) is 3.19. The van der Waals surface area contributed by atoms with Gasteiger partial charge in [-0.15, -0.1) is 0 Å². The number of aromatic amines is 1. The number of pyridine rings is 1. The first-order valence-electron chi connectivity index (χ1n) is 6.10. The highest BCUT2D eigenvalue weighted by molar-refractivity contribution is 5.60. The first-order chi connectivity index (χ1) is 10.1. The van der Waals surface area contributed by atoms with Crippen molar-refractivity contribution >= 4 is 11.8 Å². The molecule has 2 N–H and O–H groups in total. The average molecular weight is 286 g/mol. The minimum absolute atomic E-state index is 0.330. The second-order valence-corrected chi connectivity index (χ2v) is 4.31. The summed E-state index contributed by atoms with van der Waals surface area (Å²) in [6, 6.07) is 5.85. The van der Waals surface area contributed by atoms with Crippen molar-refractivity contribution in [3.05, 3.63) is 53.0 Å². The van der Waals surface area contributed by atoms with Crippen molar-refractivity contribution in [1.29, 1.82) is 0 Å². The van der Waals surface area contributed by atoms with E-state index in [9.17, 15) is 9.18 Å². The smallest absolute Gasteiger partial charge is 0.250 e. The lowest BCUT2D eigenvalue weighted by Gasteiger charge is -2.06. The third kappa shape index (κ3) is 2.78. The Bertz CT molecular complexity index is 840. The maximum Gasteiger partial charge on any atom is 0.250 e. The van der Waals surface area contributed by atoms with E-state index >= 15 is 0 Å². The molecule has 0 radical (unpaired) electrons. The van der Waals surface area contributed by atoms with Gasteiger partial charge in [-0.1, -0.05) is 0 Å². The van der Waals surface area contributed by atoms with Crippen LogP contribution >= 0.6 is 0 Å². The molecule has 8 heteroatoms. The Balaban J connectivity index is 1.96. The molecule has 0 aromatic carbocycles. The topological polar surface area (TPSA) is 88.5 Å². The monoisotopic (exact) mass is 286 g/mol. The molecule has 0 amide bonds. The molecule has 0 bridgehead atoms. The Hall–Kier alpha value is -3.03. The lowest BCUT2D eigenvalue weighted by Crippen LogP contribution is -2.07. The fourth-order valence-corrected chi connectivity index (χ4v) is 1.85. The van der Waals surface area contributed by atoms with Crippen LogP contribution in [0.25, 0.3) is 11.3 Å². The molecule has 0 aliphatic carbocycles. The number of aryl methyl sites for hydroxylation is 1. The van der Waals surface area contributed by atoms with Gasteiger partial charge < -0.3 is 5.32 Å². The lowest BCUT2D eigenvalue weighted by molar-refractivity contribution is 0.580. The Morgan fingerprint density at radius 2 is 2.14 bits per heavy atom. The fourth-order valence-electron chi connectivity index (χ4n) is 1.85. The highest BCUT2D eigenvalue weighted by Crippen LogP contribution is 2.18. The molecule has 0 aliphatic rings. The van der Waals surface area contributed by atoms with Crippen LogP contribution in [0, 0.1) is 5.95 Å². The summed E-state index contributed by atoms with van der Waals surface area (Å²) in [5.74, 6) is 0.332. The van der Waals surface area contributed by atoms with Gasteiger partial charge in [0, 0.05) is 37.0 Å². The normalized spacial score (nSPS) is 10.6. The Morgan fingerprint density at radius 1 is 1.29 bits per heavy atom. The number of aromatic nitrogens is 5. The van der Waals surface area contributed by atoms with E-state index in [1.165, 1.54) is 18.3 Å². The third-order valence-corrected chi connectivity index (χ3v) is 2.82. The van der Waals surface area contributed by atoms with Gasteiger partial charge in [0.25, 0.3) is 5.56 Å². The molecular formula is C13H11FN6O. The predicted octanol–water partition coefficient (Wildman–Crippen LogP) is 1.45. The van der Waals surface area contributed by atoms with Crippen molar-refractivity contribution in [2.45, 2.75) is 0 Å².